The van der Waals surface area contributed by atoms with E-state index in [9.17, 15) is 21.6 Å². The number of halogens is 4. The molecule has 0 amide bonds. The number of benzene rings is 1. The highest BCUT2D eigenvalue weighted by Crippen LogP contribution is 2.54. The van der Waals surface area contributed by atoms with E-state index in [-0.39, 0.29) is 11.6 Å². The van der Waals surface area contributed by atoms with Crippen molar-refractivity contribution in [3.63, 3.8) is 0 Å². The predicted octanol–water partition coefficient (Wildman–Crippen LogP) is 5.65. The molecule has 0 fully saturated rings. The van der Waals surface area contributed by atoms with Crippen LogP contribution in [0.4, 0.5) is 13.2 Å². The van der Waals surface area contributed by atoms with Crippen molar-refractivity contribution in [3.8, 4) is 0 Å². The second-order valence-corrected chi connectivity index (χ2v) is 18.4. The third-order valence-corrected chi connectivity index (χ3v) is 10.5. The maximum atomic E-state index is 13.8. The van der Waals surface area contributed by atoms with Gasteiger partial charge in [-0.05, 0) is 41.4 Å². The molecule has 2 aliphatic heterocycles. The Bertz CT molecular complexity index is 1440. The minimum atomic E-state index is -4.67. The highest BCUT2D eigenvalue weighted by Gasteiger charge is 2.51. The summed E-state index contributed by atoms with van der Waals surface area (Å²) in [6, 6.07) is 6.62. The zero-order valence-corrected chi connectivity index (χ0v) is 23.0. The maximum Gasteiger partial charge on any atom is 0.433 e. The van der Waals surface area contributed by atoms with Gasteiger partial charge in [-0.1, -0.05) is 37.3 Å². The molecule has 37 heavy (non-hydrogen) atoms. The summed E-state index contributed by atoms with van der Waals surface area (Å²) in [5.41, 5.74) is 1.96. The van der Waals surface area contributed by atoms with E-state index in [2.05, 4.69) is 29.7 Å². The lowest BCUT2D eigenvalue weighted by atomic mass is 10.0. The fourth-order valence-corrected chi connectivity index (χ4v) is 7.51. The Morgan fingerprint density at radius 2 is 1.86 bits per heavy atom. The van der Waals surface area contributed by atoms with Crippen LogP contribution in [0.5, 0.6) is 0 Å². The minimum Gasteiger partial charge on any atom is -0.360 e. The SMILES string of the molecule is C[Si](C)(C)CCOCn1ncc2c1CC1c3ccc(Cl)cc3C2N1S(=O)(=O)c1ccc(C(F)(F)F)nc1. The number of aromatic nitrogens is 3. The molecule has 0 aliphatic carbocycles. The Morgan fingerprint density at radius 3 is 2.51 bits per heavy atom. The average molecular weight is 571 g/mol. The summed E-state index contributed by atoms with van der Waals surface area (Å²) in [6.45, 7) is 7.69. The first kappa shape index (κ1) is 26.4. The molecular weight excluding hydrogens is 545 g/mol. The average Bonchev–Trinajstić information content (AvgIpc) is 3.32. The van der Waals surface area contributed by atoms with Crippen molar-refractivity contribution < 1.29 is 26.3 Å². The zero-order valence-electron chi connectivity index (χ0n) is 20.5. The molecule has 0 saturated carbocycles. The fourth-order valence-electron chi connectivity index (χ4n) is 4.87. The smallest absolute Gasteiger partial charge is 0.360 e. The van der Waals surface area contributed by atoms with Crippen molar-refractivity contribution in [1.82, 2.24) is 19.1 Å². The number of pyridine rings is 1. The Labute approximate surface area is 219 Å². The van der Waals surface area contributed by atoms with E-state index >= 15 is 0 Å². The van der Waals surface area contributed by atoms with Crippen molar-refractivity contribution in [3.05, 3.63) is 75.8 Å². The third-order valence-electron chi connectivity index (χ3n) is 6.74. The van der Waals surface area contributed by atoms with Crippen molar-refractivity contribution in [2.75, 3.05) is 6.61 Å². The maximum absolute atomic E-state index is 13.8. The third kappa shape index (κ3) is 4.85. The summed E-state index contributed by atoms with van der Waals surface area (Å²) in [5.74, 6) is 0. The molecule has 5 rings (SSSR count). The lowest BCUT2D eigenvalue weighted by Crippen LogP contribution is -2.38. The Kier molecular flexibility index (Phi) is 6.55. The van der Waals surface area contributed by atoms with Gasteiger partial charge in [-0.2, -0.15) is 22.6 Å². The summed E-state index contributed by atoms with van der Waals surface area (Å²) in [6.07, 6.45) is -1.92. The quantitative estimate of drug-likeness (QED) is 0.271. The van der Waals surface area contributed by atoms with Gasteiger partial charge >= 0.3 is 6.18 Å². The molecule has 2 aliphatic rings. The summed E-state index contributed by atoms with van der Waals surface area (Å²) in [4.78, 5) is 3.06. The van der Waals surface area contributed by atoms with E-state index < -0.39 is 42.1 Å². The Balaban J connectivity index is 1.51. The normalized spacial score (nSPS) is 19.6. The fraction of sp³-hybridized carbons (Fsp3) is 0.417. The summed E-state index contributed by atoms with van der Waals surface area (Å²) in [5, 5.41) is 4.95. The highest BCUT2D eigenvalue weighted by molar-refractivity contribution is 7.89. The number of alkyl halides is 3. The van der Waals surface area contributed by atoms with Gasteiger partial charge in [-0.15, -0.1) is 0 Å². The summed E-state index contributed by atoms with van der Waals surface area (Å²) >= 11 is 6.28. The van der Waals surface area contributed by atoms with Crippen LogP contribution < -0.4 is 0 Å². The first-order chi connectivity index (χ1) is 17.3. The van der Waals surface area contributed by atoms with E-state index in [4.69, 9.17) is 16.3 Å². The van der Waals surface area contributed by atoms with Gasteiger partial charge in [0.2, 0.25) is 10.0 Å². The van der Waals surface area contributed by atoms with Crippen LogP contribution in [0.2, 0.25) is 30.7 Å². The van der Waals surface area contributed by atoms with Gasteiger partial charge in [0.05, 0.1) is 18.3 Å². The van der Waals surface area contributed by atoms with Crippen LogP contribution in [0.25, 0.3) is 0 Å². The molecule has 198 valence electrons. The second kappa shape index (κ2) is 9.19. The molecule has 4 heterocycles. The first-order valence-corrected chi connectivity index (χ1v) is 17.3. The van der Waals surface area contributed by atoms with E-state index in [1.807, 2.05) is 6.07 Å². The van der Waals surface area contributed by atoms with Crippen molar-refractivity contribution >= 4 is 29.7 Å². The molecule has 2 unspecified atom stereocenters. The molecule has 7 nitrogen and oxygen atoms in total. The standard InChI is InChI=1S/C24H26ClF3N4O3SSi/c1-37(2,3)9-8-35-14-31-20-11-21-17-6-4-15(25)10-18(17)23(19(20)13-30-31)32(21)36(33,34)16-5-7-22(29-12-16)24(26,27)28/h4-7,10,12-13,21,23H,8-9,11,14H2,1-3H3. The molecule has 0 spiro atoms. The van der Waals surface area contributed by atoms with Gasteiger partial charge < -0.3 is 4.74 Å². The van der Waals surface area contributed by atoms with E-state index in [0.717, 1.165) is 35.1 Å². The topological polar surface area (TPSA) is 77.3 Å². The summed E-state index contributed by atoms with van der Waals surface area (Å²) < 4.78 is 75.6. The van der Waals surface area contributed by atoms with Gasteiger partial charge in [0.1, 0.15) is 17.3 Å². The molecule has 2 bridgehead atoms. The molecule has 0 N–H and O–H groups in total. The van der Waals surface area contributed by atoms with Gasteiger partial charge in [0.25, 0.3) is 0 Å². The van der Waals surface area contributed by atoms with Crippen LogP contribution in [-0.2, 0) is 34.1 Å². The zero-order chi connectivity index (χ0) is 26.8. The van der Waals surface area contributed by atoms with Gasteiger partial charge in [0.15, 0.2) is 0 Å². The Hall–Kier alpha value is -2.25. The lowest BCUT2D eigenvalue weighted by molar-refractivity contribution is -0.141. The molecule has 1 aromatic carbocycles. The number of sulfonamides is 1. The second-order valence-electron chi connectivity index (χ2n) is 10.5. The number of ether oxygens (including phenoxy) is 1. The van der Waals surface area contributed by atoms with Crippen molar-refractivity contribution in [2.24, 2.45) is 0 Å². The molecule has 0 radical (unpaired) electrons. The van der Waals surface area contributed by atoms with E-state index in [1.54, 1.807) is 23.0 Å². The molecule has 3 aromatic rings. The monoisotopic (exact) mass is 570 g/mol. The first-order valence-electron chi connectivity index (χ1n) is 11.8. The lowest BCUT2D eigenvalue weighted by Gasteiger charge is -2.34. The van der Waals surface area contributed by atoms with E-state index in [0.29, 0.717) is 29.7 Å². The van der Waals surface area contributed by atoms with Gasteiger partial charge in [0, 0.05) is 43.6 Å². The molecule has 13 heteroatoms. The number of rotatable bonds is 7. The Morgan fingerprint density at radius 1 is 1.11 bits per heavy atom. The number of hydrogen-bond donors (Lipinski definition) is 0. The van der Waals surface area contributed by atoms with Crippen LogP contribution >= 0.6 is 11.6 Å². The van der Waals surface area contributed by atoms with Crippen LogP contribution in [0.1, 0.15) is 40.2 Å². The molecular formula is C24H26ClF3N4O3SSi. The number of hydrogen-bond acceptors (Lipinski definition) is 5. The van der Waals surface area contributed by atoms with Gasteiger partial charge in [-0.3, -0.25) is 4.98 Å². The van der Waals surface area contributed by atoms with Crippen molar-refractivity contribution in [2.45, 2.75) is 62.0 Å². The molecule has 0 saturated heterocycles. The van der Waals surface area contributed by atoms with Crippen LogP contribution in [0.3, 0.4) is 0 Å². The van der Waals surface area contributed by atoms with Crippen LogP contribution in [0, 0.1) is 0 Å². The van der Waals surface area contributed by atoms with Crippen LogP contribution in [-0.4, -0.2) is 42.2 Å². The number of nitrogens with zero attached hydrogens (tertiary/aromatic N) is 4. The largest absolute Gasteiger partial charge is 0.433 e. The predicted molar refractivity (Wildman–Crippen MR) is 134 cm³/mol. The molecule has 2 atom stereocenters. The highest BCUT2D eigenvalue weighted by atomic mass is 35.5. The number of fused-ring (bicyclic) bond motifs is 7. The minimum absolute atomic E-state index is 0.256. The summed E-state index contributed by atoms with van der Waals surface area (Å²) in [7, 11) is -5.47. The van der Waals surface area contributed by atoms with Gasteiger partial charge in [-0.25, -0.2) is 13.1 Å². The van der Waals surface area contributed by atoms with Crippen molar-refractivity contribution in [1.29, 1.82) is 0 Å². The van der Waals surface area contributed by atoms with E-state index in [1.165, 1.54) is 4.31 Å². The van der Waals surface area contributed by atoms with Crippen LogP contribution in [0.15, 0.2) is 47.6 Å². The molecule has 2 aromatic heterocycles.